The minimum atomic E-state index is 0.506. The molecular formula is C14H12ClN3. The predicted octanol–water partition coefficient (Wildman–Crippen LogP) is 3.85. The van der Waals surface area contributed by atoms with E-state index in [0.717, 1.165) is 11.3 Å². The molecular weight excluding hydrogens is 246 g/mol. The quantitative estimate of drug-likeness (QED) is 0.804. The Bertz CT molecular complexity index is 629. The molecule has 90 valence electrons. The maximum Gasteiger partial charge on any atom is 0.101 e. The summed E-state index contributed by atoms with van der Waals surface area (Å²) in [5.41, 5.74) is 9.28. The molecule has 0 amide bonds. The van der Waals surface area contributed by atoms with Crippen molar-refractivity contribution in [3.05, 3.63) is 52.5 Å². The van der Waals surface area contributed by atoms with Gasteiger partial charge in [0, 0.05) is 16.4 Å². The fourth-order valence-corrected chi connectivity index (χ4v) is 1.77. The lowest BCUT2D eigenvalue weighted by Crippen LogP contribution is -1.95. The van der Waals surface area contributed by atoms with Crippen molar-refractivity contribution in [2.75, 3.05) is 11.1 Å². The molecule has 0 bridgehead atoms. The van der Waals surface area contributed by atoms with Gasteiger partial charge in [0.25, 0.3) is 0 Å². The second-order valence-corrected chi connectivity index (χ2v) is 4.41. The molecule has 0 heterocycles. The van der Waals surface area contributed by atoms with Crippen molar-refractivity contribution >= 4 is 28.7 Å². The number of nitrogens with two attached hydrogens (primary N) is 1. The summed E-state index contributed by atoms with van der Waals surface area (Å²) in [7, 11) is 0. The number of nitriles is 1. The van der Waals surface area contributed by atoms with Crippen molar-refractivity contribution in [3.63, 3.8) is 0 Å². The molecule has 0 aliphatic heterocycles. The van der Waals surface area contributed by atoms with Crippen LogP contribution in [0.25, 0.3) is 0 Å². The molecule has 4 heteroatoms. The Labute approximate surface area is 111 Å². The van der Waals surface area contributed by atoms with E-state index in [-0.39, 0.29) is 0 Å². The molecule has 0 spiro atoms. The molecule has 18 heavy (non-hydrogen) atoms. The van der Waals surface area contributed by atoms with Gasteiger partial charge in [-0.05, 0) is 42.8 Å². The molecule has 3 N–H and O–H groups in total. The Morgan fingerprint density at radius 1 is 1.22 bits per heavy atom. The first-order chi connectivity index (χ1) is 8.60. The molecule has 0 radical (unpaired) electrons. The maximum atomic E-state index is 9.05. The normalized spacial score (nSPS) is 9.83. The zero-order valence-electron chi connectivity index (χ0n) is 9.87. The topological polar surface area (TPSA) is 61.8 Å². The van der Waals surface area contributed by atoms with Crippen molar-refractivity contribution in [1.82, 2.24) is 0 Å². The summed E-state index contributed by atoms with van der Waals surface area (Å²) in [5, 5.41) is 12.9. The summed E-state index contributed by atoms with van der Waals surface area (Å²) in [6, 6.07) is 12.9. The van der Waals surface area contributed by atoms with Gasteiger partial charge in [-0.1, -0.05) is 17.7 Å². The van der Waals surface area contributed by atoms with Crippen LogP contribution in [-0.4, -0.2) is 0 Å². The number of nitrogen functional groups attached to an aromatic ring is 1. The Morgan fingerprint density at radius 3 is 2.67 bits per heavy atom. The largest absolute Gasteiger partial charge is 0.399 e. The second kappa shape index (κ2) is 4.99. The SMILES string of the molecule is Cc1ccc(Nc2ccc(N)cc2C#N)cc1Cl. The van der Waals surface area contributed by atoms with Gasteiger partial charge in [-0.25, -0.2) is 0 Å². The number of hydrogen-bond donors (Lipinski definition) is 2. The van der Waals surface area contributed by atoms with E-state index in [1.54, 1.807) is 18.2 Å². The molecule has 0 saturated carbocycles. The standard InChI is InChI=1S/C14H12ClN3/c1-9-2-4-12(7-13(9)15)18-14-5-3-11(17)6-10(14)8-16/h2-7,18H,17H2,1H3. The lowest BCUT2D eigenvalue weighted by atomic mass is 10.1. The summed E-state index contributed by atoms with van der Waals surface area (Å²) < 4.78 is 0. The third-order valence-electron chi connectivity index (χ3n) is 2.61. The lowest BCUT2D eigenvalue weighted by Gasteiger charge is -2.10. The van der Waals surface area contributed by atoms with Crippen LogP contribution in [-0.2, 0) is 0 Å². The number of nitrogens with one attached hydrogen (secondary N) is 1. The fourth-order valence-electron chi connectivity index (χ4n) is 1.59. The van der Waals surface area contributed by atoms with E-state index in [1.807, 2.05) is 25.1 Å². The Balaban J connectivity index is 2.34. The van der Waals surface area contributed by atoms with Crippen LogP contribution in [0.3, 0.4) is 0 Å². The summed E-state index contributed by atoms with van der Waals surface area (Å²) in [6.45, 7) is 1.94. The predicted molar refractivity (Wildman–Crippen MR) is 75.0 cm³/mol. The van der Waals surface area contributed by atoms with E-state index in [2.05, 4.69) is 11.4 Å². The highest BCUT2D eigenvalue weighted by molar-refractivity contribution is 6.31. The van der Waals surface area contributed by atoms with Crippen LogP contribution in [0.2, 0.25) is 5.02 Å². The van der Waals surface area contributed by atoms with Gasteiger partial charge >= 0.3 is 0 Å². The average molecular weight is 258 g/mol. The zero-order chi connectivity index (χ0) is 13.1. The first-order valence-corrected chi connectivity index (χ1v) is 5.81. The molecule has 0 aromatic heterocycles. The van der Waals surface area contributed by atoms with Crippen LogP contribution in [0.4, 0.5) is 17.1 Å². The molecule has 3 nitrogen and oxygen atoms in total. The van der Waals surface area contributed by atoms with E-state index in [4.69, 9.17) is 22.6 Å². The molecule has 0 aliphatic rings. The first kappa shape index (κ1) is 12.3. The van der Waals surface area contributed by atoms with Crippen molar-refractivity contribution in [2.45, 2.75) is 6.92 Å². The van der Waals surface area contributed by atoms with E-state index in [9.17, 15) is 0 Å². The lowest BCUT2D eigenvalue weighted by molar-refractivity contribution is 1.43. The maximum absolute atomic E-state index is 9.05. The monoisotopic (exact) mass is 257 g/mol. The number of rotatable bonds is 2. The first-order valence-electron chi connectivity index (χ1n) is 5.43. The highest BCUT2D eigenvalue weighted by Crippen LogP contribution is 2.25. The van der Waals surface area contributed by atoms with Gasteiger partial charge < -0.3 is 11.1 Å². The van der Waals surface area contributed by atoms with Crippen LogP contribution >= 0.6 is 11.6 Å². The van der Waals surface area contributed by atoms with E-state index in [0.29, 0.717) is 22.0 Å². The Morgan fingerprint density at radius 2 is 2.00 bits per heavy atom. The van der Waals surface area contributed by atoms with Gasteiger partial charge in [-0.3, -0.25) is 0 Å². The van der Waals surface area contributed by atoms with Crippen LogP contribution in [0, 0.1) is 18.3 Å². The molecule has 0 saturated heterocycles. The smallest absolute Gasteiger partial charge is 0.101 e. The Kier molecular flexibility index (Phi) is 3.40. The highest BCUT2D eigenvalue weighted by Gasteiger charge is 2.04. The van der Waals surface area contributed by atoms with Crippen molar-refractivity contribution in [2.24, 2.45) is 0 Å². The van der Waals surface area contributed by atoms with Crippen molar-refractivity contribution < 1.29 is 0 Å². The summed E-state index contributed by atoms with van der Waals surface area (Å²) in [5.74, 6) is 0. The minimum absolute atomic E-state index is 0.506. The molecule has 2 rings (SSSR count). The van der Waals surface area contributed by atoms with E-state index < -0.39 is 0 Å². The molecule has 0 fully saturated rings. The minimum Gasteiger partial charge on any atom is -0.399 e. The third-order valence-corrected chi connectivity index (χ3v) is 3.02. The van der Waals surface area contributed by atoms with Crippen LogP contribution in [0.5, 0.6) is 0 Å². The number of halogens is 1. The number of anilines is 3. The summed E-state index contributed by atoms with van der Waals surface area (Å²) in [4.78, 5) is 0. The van der Waals surface area contributed by atoms with E-state index >= 15 is 0 Å². The summed E-state index contributed by atoms with van der Waals surface area (Å²) in [6.07, 6.45) is 0. The fraction of sp³-hybridized carbons (Fsp3) is 0.0714. The summed E-state index contributed by atoms with van der Waals surface area (Å²) >= 11 is 6.05. The zero-order valence-corrected chi connectivity index (χ0v) is 10.6. The molecule has 0 aliphatic carbocycles. The third kappa shape index (κ3) is 2.55. The van der Waals surface area contributed by atoms with Gasteiger partial charge in [-0.15, -0.1) is 0 Å². The number of aryl methyl sites for hydroxylation is 1. The van der Waals surface area contributed by atoms with Crippen molar-refractivity contribution in [3.8, 4) is 6.07 Å². The molecule has 2 aromatic carbocycles. The molecule has 2 aromatic rings. The van der Waals surface area contributed by atoms with Gasteiger partial charge in [-0.2, -0.15) is 5.26 Å². The van der Waals surface area contributed by atoms with Crippen LogP contribution < -0.4 is 11.1 Å². The number of hydrogen-bond acceptors (Lipinski definition) is 3. The number of benzene rings is 2. The van der Waals surface area contributed by atoms with Gasteiger partial charge in [0.2, 0.25) is 0 Å². The van der Waals surface area contributed by atoms with Gasteiger partial charge in [0.05, 0.1) is 11.3 Å². The van der Waals surface area contributed by atoms with Crippen LogP contribution in [0.1, 0.15) is 11.1 Å². The number of nitrogens with zero attached hydrogens (tertiary/aromatic N) is 1. The molecule has 0 unspecified atom stereocenters. The molecule has 0 atom stereocenters. The van der Waals surface area contributed by atoms with Gasteiger partial charge in [0.1, 0.15) is 6.07 Å². The van der Waals surface area contributed by atoms with Crippen molar-refractivity contribution in [1.29, 1.82) is 5.26 Å². The highest BCUT2D eigenvalue weighted by atomic mass is 35.5. The second-order valence-electron chi connectivity index (χ2n) is 4.01. The van der Waals surface area contributed by atoms with Crippen LogP contribution in [0.15, 0.2) is 36.4 Å². The Hall–Kier alpha value is -2.18. The van der Waals surface area contributed by atoms with Gasteiger partial charge in [0.15, 0.2) is 0 Å². The van der Waals surface area contributed by atoms with E-state index in [1.165, 1.54) is 0 Å². The average Bonchev–Trinajstić information content (AvgIpc) is 2.36.